The van der Waals surface area contributed by atoms with Gasteiger partial charge < -0.3 is 21.5 Å². The van der Waals surface area contributed by atoms with E-state index in [9.17, 15) is 5.11 Å². The Balaban J connectivity index is 2.04. The highest BCUT2D eigenvalue weighted by atomic mass is 35.5. The highest BCUT2D eigenvalue weighted by Crippen LogP contribution is 2.27. The van der Waals surface area contributed by atoms with Gasteiger partial charge in [0.05, 0.1) is 23.4 Å². The van der Waals surface area contributed by atoms with E-state index in [4.69, 9.17) is 17.3 Å². The van der Waals surface area contributed by atoms with E-state index in [1.165, 1.54) is 0 Å². The molecule has 0 fully saturated rings. The Bertz CT molecular complexity index is 942. The van der Waals surface area contributed by atoms with Crippen molar-refractivity contribution >= 4 is 45.9 Å². The van der Waals surface area contributed by atoms with Crippen LogP contribution in [-0.4, -0.2) is 42.7 Å². The Morgan fingerprint density at radius 1 is 1.30 bits per heavy atom. The quantitative estimate of drug-likeness (QED) is 0.453. The van der Waals surface area contributed by atoms with Crippen molar-refractivity contribution < 1.29 is 5.11 Å². The lowest BCUT2D eigenvalue weighted by atomic mass is 10.1. The van der Waals surface area contributed by atoms with Crippen LogP contribution in [0.25, 0.3) is 11.2 Å². The summed E-state index contributed by atoms with van der Waals surface area (Å²) in [4.78, 5) is 9.06. The van der Waals surface area contributed by atoms with Crippen LogP contribution in [0.1, 0.15) is 20.8 Å². The maximum Gasteiger partial charge on any atom is 0.227 e. The van der Waals surface area contributed by atoms with E-state index < -0.39 is 0 Å². The number of aryl methyl sites for hydroxylation is 1. The molecule has 0 aliphatic heterocycles. The Morgan fingerprint density at radius 3 is 2.70 bits per heavy atom. The largest absolute Gasteiger partial charge is 0.397 e. The summed E-state index contributed by atoms with van der Waals surface area (Å²) in [6.45, 7) is 6.58. The van der Waals surface area contributed by atoms with E-state index >= 15 is 0 Å². The lowest BCUT2D eigenvalue weighted by molar-refractivity contribution is 0.248. The molecule has 27 heavy (non-hydrogen) atoms. The maximum absolute atomic E-state index is 9.60. The van der Waals surface area contributed by atoms with Crippen LogP contribution in [0.5, 0.6) is 0 Å². The molecule has 1 aromatic carbocycles. The molecule has 1 unspecified atom stereocenters. The van der Waals surface area contributed by atoms with Gasteiger partial charge in [0.15, 0.2) is 17.0 Å². The normalized spacial score (nSPS) is 12.5. The first-order valence-electron chi connectivity index (χ1n) is 8.73. The van der Waals surface area contributed by atoms with Crippen LogP contribution in [0.2, 0.25) is 5.02 Å². The lowest BCUT2D eigenvalue weighted by Crippen LogP contribution is -2.30. The van der Waals surface area contributed by atoms with Crippen LogP contribution in [0, 0.1) is 5.92 Å². The highest BCUT2D eigenvalue weighted by molar-refractivity contribution is 6.33. The predicted octanol–water partition coefficient (Wildman–Crippen LogP) is 2.65. The predicted molar refractivity (Wildman–Crippen MR) is 107 cm³/mol. The number of anilines is 4. The zero-order valence-electron chi connectivity index (χ0n) is 15.4. The first kappa shape index (κ1) is 19.1. The molecule has 0 saturated carbocycles. The van der Waals surface area contributed by atoms with Crippen LogP contribution in [-0.2, 0) is 6.54 Å². The fourth-order valence-corrected chi connectivity index (χ4v) is 2.69. The highest BCUT2D eigenvalue weighted by Gasteiger charge is 2.18. The third kappa shape index (κ3) is 4.04. The van der Waals surface area contributed by atoms with Crippen molar-refractivity contribution in [3.05, 3.63) is 23.2 Å². The number of benzene rings is 1. The van der Waals surface area contributed by atoms with Gasteiger partial charge in [-0.1, -0.05) is 30.7 Å². The topological polar surface area (TPSA) is 127 Å². The Kier molecular flexibility index (Phi) is 5.62. The molecule has 3 rings (SSSR count). The van der Waals surface area contributed by atoms with Gasteiger partial charge in [-0.25, -0.2) is 4.68 Å². The van der Waals surface area contributed by atoms with Gasteiger partial charge in [-0.15, -0.1) is 5.10 Å². The van der Waals surface area contributed by atoms with Crippen LogP contribution in [0.15, 0.2) is 18.2 Å². The molecule has 0 saturated heterocycles. The van der Waals surface area contributed by atoms with Crippen molar-refractivity contribution in [1.82, 2.24) is 25.0 Å². The zero-order chi connectivity index (χ0) is 19.6. The number of aliphatic hydroxyl groups is 1. The molecule has 2 aromatic heterocycles. The molecule has 0 aliphatic carbocycles. The number of aromatic nitrogens is 5. The molecular formula is C17H23ClN8O. The minimum atomic E-state index is -0.174. The summed E-state index contributed by atoms with van der Waals surface area (Å²) in [7, 11) is 0. The van der Waals surface area contributed by atoms with Crippen molar-refractivity contribution in [1.29, 1.82) is 0 Å². The van der Waals surface area contributed by atoms with Gasteiger partial charge in [0.2, 0.25) is 5.95 Å². The van der Waals surface area contributed by atoms with Crippen LogP contribution < -0.4 is 16.4 Å². The second-order valence-corrected chi connectivity index (χ2v) is 6.92. The summed E-state index contributed by atoms with van der Waals surface area (Å²) in [5.41, 5.74) is 8.20. The number of nitrogens with one attached hydrogen (secondary N) is 2. The number of nitrogen functional groups attached to an aromatic ring is 1. The molecule has 9 nitrogen and oxygen atoms in total. The van der Waals surface area contributed by atoms with Crippen LogP contribution in [0.3, 0.4) is 0 Å². The minimum Gasteiger partial charge on any atom is -0.397 e. The lowest BCUT2D eigenvalue weighted by Gasteiger charge is -2.20. The standard InChI is InChI=1S/C17H23ClN8O/c1-4-26-16-14(24-25-26)15(20-10-5-6-11(18)12(19)7-10)22-17(23-16)21-13(8-27)9(2)3/h5-7,9,13,27H,4,8,19H2,1-3H3,(H2,20,21,22,23). The summed E-state index contributed by atoms with van der Waals surface area (Å²) < 4.78 is 1.69. The van der Waals surface area contributed by atoms with Crippen molar-refractivity contribution in [3.63, 3.8) is 0 Å². The third-order valence-corrected chi connectivity index (χ3v) is 4.58. The van der Waals surface area contributed by atoms with Gasteiger partial charge in [-0.2, -0.15) is 9.97 Å². The second kappa shape index (κ2) is 7.93. The van der Waals surface area contributed by atoms with E-state index in [1.807, 2.05) is 20.8 Å². The first-order valence-corrected chi connectivity index (χ1v) is 9.11. The van der Waals surface area contributed by atoms with Crippen molar-refractivity contribution in [2.75, 3.05) is 23.0 Å². The van der Waals surface area contributed by atoms with E-state index in [1.54, 1.807) is 22.9 Å². The summed E-state index contributed by atoms with van der Waals surface area (Å²) in [6.07, 6.45) is 0. The maximum atomic E-state index is 9.60. The van der Waals surface area contributed by atoms with Crippen LogP contribution in [0.4, 0.5) is 23.1 Å². The molecule has 2 heterocycles. The summed E-state index contributed by atoms with van der Waals surface area (Å²) in [5.74, 6) is 1.08. The molecule has 1 atom stereocenters. The van der Waals surface area contributed by atoms with E-state index in [0.29, 0.717) is 40.2 Å². The zero-order valence-corrected chi connectivity index (χ0v) is 16.2. The molecule has 0 aliphatic rings. The minimum absolute atomic E-state index is 0.0270. The van der Waals surface area contributed by atoms with Crippen molar-refractivity contribution in [3.8, 4) is 0 Å². The summed E-state index contributed by atoms with van der Waals surface area (Å²) in [5, 5.41) is 24.8. The van der Waals surface area contributed by atoms with Gasteiger partial charge >= 0.3 is 0 Å². The molecule has 144 valence electrons. The number of nitrogens with zero attached hydrogens (tertiary/aromatic N) is 5. The number of hydrogen-bond acceptors (Lipinski definition) is 8. The van der Waals surface area contributed by atoms with E-state index in [-0.39, 0.29) is 18.6 Å². The molecule has 3 aromatic rings. The van der Waals surface area contributed by atoms with Gasteiger partial charge in [-0.05, 0) is 31.0 Å². The molecule has 0 bridgehead atoms. The van der Waals surface area contributed by atoms with Gasteiger partial charge in [0.1, 0.15) is 0 Å². The first-order chi connectivity index (χ1) is 12.9. The van der Waals surface area contributed by atoms with Gasteiger partial charge in [-0.3, -0.25) is 0 Å². The number of nitrogens with two attached hydrogens (primary N) is 1. The SMILES string of the molecule is CCn1nnc2c(Nc3ccc(Cl)c(N)c3)nc(NC(CO)C(C)C)nc21. The summed E-state index contributed by atoms with van der Waals surface area (Å²) >= 11 is 5.99. The molecule has 0 amide bonds. The molecule has 10 heteroatoms. The van der Waals surface area contributed by atoms with Gasteiger partial charge in [0.25, 0.3) is 0 Å². The Morgan fingerprint density at radius 2 is 2.07 bits per heavy atom. The number of rotatable bonds is 7. The molecule has 5 N–H and O–H groups in total. The average molecular weight is 391 g/mol. The number of hydrogen-bond donors (Lipinski definition) is 4. The second-order valence-electron chi connectivity index (χ2n) is 6.51. The average Bonchev–Trinajstić information content (AvgIpc) is 3.05. The molecule has 0 spiro atoms. The monoisotopic (exact) mass is 390 g/mol. The Hall–Kier alpha value is -2.65. The Labute approximate surface area is 161 Å². The van der Waals surface area contributed by atoms with Crippen LogP contribution >= 0.6 is 11.6 Å². The van der Waals surface area contributed by atoms with Crippen molar-refractivity contribution in [2.24, 2.45) is 5.92 Å². The number of fused-ring (bicyclic) bond motifs is 1. The van der Waals surface area contributed by atoms with Gasteiger partial charge in [0, 0.05) is 12.2 Å². The number of aliphatic hydroxyl groups excluding tert-OH is 1. The molecular weight excluding hydrogens is 368 g/mol. The fourth-order valence-electron chi connectivity index (χ4n) is 2.57. The third-order valence-electron chi connectivity index (χ3n) is 4.24. The molecule has 0 radical (unpaired) electrons. The summed E-state index contributed by atoms with van der Waals surface area (Å²) in [6, 6.07) is 5.06. The number of halogens is 1. The van der Waals surface area contributed by atoms with Crippen molar-refractivity contribution in [2.45, 2.75) is 33.4 Å². The fraction of sp³-hybridized carbons (Fsp3) is 0.412. The smallest absolute Gasteiger partial charge is 0.227 e. The van der Waals surface area contributed by atoms with E-state index in [0.717, 1.165) is 5.69 Å². The van der Waals surface area contributed by atoms with E-state index in [2.05, 4.69) is 30.9 Å².